The van der Waals surface area contributed by atoms with E-state index in [2.05, 4.69) is 27.8 Å². The minimum Gasteiger partial charge on any atom is -0.759 e. The fourth-order valence-corrected chi connectivity index (χ4v) is 5.30. The molecule has 0 aliphatic carbocycles. The van der Waals surface area contributed by atoms with Crippen molar-refractivity contribution in [1.82, 2.24) is 5.48 Å². The molecule has 0 aliphatic rings. The van der Waals surface area contributed by atoms with Gasteiger partial charge in [-0.05, 0) is 56.7 Å². The third-order valence-corrected chi connectivity index (χ3v) is 8.10. The van der Waals surface area contributed by atoms with Crippen molar-refractivity contribution < 1.29 is 35.6 Å². The number of unbranched alkanes of at least 4 members (excludes halogenated alkanes) is 15. The Balaban J connectivity index is 0.000000895. The zero-order valence-corrected chi connectivity index (χ0v) is 27.6. The molecule has 0 aliphatic heterocycles. The number of hydrogen-bond acceptors (Lipinski definition) is 2. The highest BCUT2D eigenvalue weighted by molar-refractivity contribution is 5.94. The van der Waals surface area contributed by atoms with Crippen molar-refractivity contribution in [2.75, 3.05) is 26.7 Å². The minimum atomic E-state index is -5.06. The number of carbonyl (C=O) groups is 1. The van der Waals surface area contributed by atoms with Crippen LogP contribution in [0.4, 0.5) is 26.3 Å². The van der Waals surface area contributed by atoms with E-state index in [1.54, 1.807) is 0 Å². The van der Waals surface area contributed by atoms with E-state index < -0.39 is 35.0 Å². The maximum atomic E-state index is 12.3. The van der Waals surface area contributed by atoms with Gasteiger partial charge in [0.1, 0.15) is 0 Å². The molecule has 0 unspecified atom stereocenters. The Kier molecular flexibility index (Phi) is 22.5. The summed E-state index contributed by atoms with van der Waals surface area (Å²) in [6.07, 6.45) is 15.7. The zero-order chi connectivity index (χ0) is 33.5. The van der Waals surface area contributed by atoms with E-state index in [9.17, 15) is 36.3 Å². The largest absolute Gasteiger partial charge is 0.759 e. The maximum Gasteiger partial charge on any atom is 0.416 e. The predicted octanol–water partition coefficient (Wildman–Crippen LogP) is 11.5. The van der Waals surface area contributed by atoms with Gasteiger partial charge in [-0.25, -0.2) is 0 Å². The molecule has 1 amide bonds. The lowest BCUT2D eigenvalue weighted by atomic mass is 10.0. The summed E-state index contributed by atoms with van der Waals surface area (Å²) >= 11 is 0. The van der Waals surface area contributed by atoms with Crippen LogP contribution in [0, 0.1) is 5.21 Å². The van der Waals surface area contributed by atoms with Gasteiger partial charge in [0.2, 0.25) is 5.91 Å². The maximum absolute atomic E-state index is 12.3. The number of rotatable bonds is 22. The second-order valence-corrected chi connectivity index (χ2v) is 12.3. The third-order valence-electron chi connectivity index (χ3n) is 8.10. The number of nitrogens with one attached hydrogen (secondary N) is 1. The van der Waals surface area contributed by atoms with Gasteiger partial charge >= 0.3 is 12.4 Å². The Labute approximate surface area is 262 Å². The van der Waals surface area contributed by atoms with E-state index in [-0.39, 0.29) is 18.2 Å². The van der Waals surface area contributed by atoms with Gasteiger partial charge < -0.3 is 15.2 Å². The summed E-state index contributed by atoms with van der Waals surface area (Å²) in [6, 6.07) is 0.201. The smallest absolute Gasteiger partial charge is 0.416 e. The van der Waals surface area contributed by atoms with Crippen molar-refractivity contribution in [2.45, 2.75) is 149 Å². The molecule has 1 N–H and O–H groups in total. The van der Waals surface area contributed by atoms with Crippen molar-refractivity contribution >= 4 is 5.91 Å². The van der Waals surface area contributed by atoms with Crippen LogP contribution in [0.2, 0.25) is 0 Å². The quantitative estimate of drug-likeness (QED) is 0.0593. The summed E-state index contributed by atoms with van der Waals surface area (Å²) in [6.45, 7) is 11.2. The summed E-state index contributed by atoms with van der Waals surface area (Å²) in [7, 11) is 2.56. The number of amides is 1. The van der Waals surface area contributed by atoms with Crippen molar-refractivity contribution in [3.05, 3.63) is 40.1 Å². The van der Waals surface area contributed by atoms with Crippen molar-refractivity contribution in [3.8, 4) is 0 Å². The number of halogens is 6. The Morgan fingerprint density at radius 1 is 0.591 bits per heavy atom. The Morgan fingerprint density at radius 2 is 0.886 bits per heavy atom. The minimum absolute atomic E-state index is 0.137. The molecule has 10 heteroatoms. The van der Waals surface area contributed by atoms with Gasteiger partial charge in [0.05, 0.1) is 37.8 Å². The number of nitrogens with zero attached hydrogens (tertiary/aromatic N) is 1. The highest BCUT2D eigenvalue weighted by Gasteiger charge is 2.37. The first-order valence-corrected chi connectivity index (χ1v) is 16.8. The SMILES string of the molecule is CCCCCCCC[N+](C)(CCCCCCCC)CCCCCCCC.O=C(N[O-])c1cc(C(F)(F)F)cc(C(F)(F)F)c1. The fourth-order valence-electron chi connectivity index (χ4n) is 5.30. The fraction of sp³-hybridized carbons (Fsp3) is 0.794. The average molecular weight is 641 g/mol. The van der Waals surface area contributed by atoms with Crippen LogP contribution in [0.3, 0.4) is 0 Å². The Morgan fingerprint density at radius 3 is 1.16 bits per heavy atom. The van der Waals surface area contributed by atoms with Crippen molar-refractivity contribution in [2.24, 2.45) is 0 Å². The number of carbonyl (C=O) groups excluding carboxylic acids is 1. The Bertz CT molecular complexity index is 801. The Hall–Kier alpha value is -1.81. The first-order chi connectivity index (χ1) is 20.7. The summed E-state index contributed by atoms with van der Waals surface area (Å²) < 4.78 is 75.3. The molecular formula is C34H58F6N2O2. The average Bonchev–Trinajstić information content (AvgIpc) is 2.97. The second kappa shape index (κ2) is 23.5. The van der Waals surface area contributed by atoms with Gasteiger partial charge in [0, 0.05) is 5.56 Å². The molecule has 0 spiro atoms. The highest BCUT2D eigenvalue weighted by atomic mass is 19.4. The lowest BCUT2D eigenvalue weighted by molar-refractivity contribution is -0.910. The van der Waals surface area contributed by atoms with E-state index in [1.165, 1.54) is 140 Å². The van der Waals surface area contributed by atoms with E-state index in [4.69, 9.17) is 0 Å². The molecule has 0 heterocycles. The van der Waals surface area contributed by atoms with Gasteiger partial charge in [-0.15, -0.1) is 0 Å². The molecule has 258 valence electrons. The molecule has 0 fully saturated rings. The number of hydrogen-bond donors (Lipinski definition) is 1. The van der Waals surface area contributed by atoms with E-state index in [0.29, 0.717) is 5.48 Å². The van der Waals surface area contributed by atoms with Crippen molar-refractivity contribution in [3.63, 3.8) is 0 Å². The van der Waals surface area contributed by atoms with E-state index in [0.717, 1.165) is 0 Å². The monoisotopic (exact) mass is 640 g/mol. The molecule has 0 saturated carbocycles. The van der Waals surface area contributed by atoms with Crippen molar-refractivity contribution in [1.29, 1.82) is 0 Å². The molecular weight excluding hydrogens is 582 g/mol. The molecule has 0 aromatic heterocycles. The summed E-state index contributed by atoms with van der Waals surface area (Å²) in [5.74, 6) is -1.58. The lowest BCUT2D eigenvalue weighted by Gasteiger charge is -2.35. The lowest BCUT2D eigenvalue weighted by Crippen LogP contribution is -2.46. The van der Waals surface area contributed by atoms with E-state index >= 15 is 0 Å². The van der Waals surface area contributed by atoms with Crippen LogP contribution >= 0.6 is 0 Å². The van der Waals surface area contributed by atoms with Gasteiger partial charge in [0.25, 0.3) is 0 Å². The molecule has 0 bridgehead atoms. The molecule has 4 nitrogen and oxygen atoms in total. The van der Waals surface area contributed by atoms with E-state index in [1.807, 2.05) is 0 Å². The summed E-state index contributed by atoms with van der Waals surface area (Å²) in [5.41, 5.74) is -3.61. The summed E-state index contributed by atoms with van der Waals surface area (Å²) in [5, 5.41) is 9.99. The molecule has 1 aromatic rings. The number of alkyl halides is 6. The molecule has 0 radical (unpaired) electrons. The van der Waals surface area contributed by atoms with Crippen LogP contribution in [-0.4, -0.2) is 37.1 Å². The van der Waals surface area contributed by atoms with Crippen LogP contribution in [0.25, 0.3) is 0 Å². The summed E-state index contributed by atoms with van der Waals surface area (Å²) in [4.78, 5) is 10.8. The first-order valence-electron chi connectivity index (χ1n) is 16.8. The van der Waals surface area contributed by atoms with Crippen LogP contribution < -0.4 is 5.48 Å². The zero-order valence-electron chi connectivity index (χ0n) is 27.6. The van der Waals surface area contributed by atoms with Crippen LogP contribution in [0.1, 0.15) is 158 Å². The second-order valence-electron chi connectivity index (χ2n) is 12.3. The van der Waals surface area contributed by atoms with Gasteiger partial charge in [-0.1, -0.05) is 97.8 Å². The predicted molar refractivity (Wildman–Crippen MR) is 168 cm³/mol. The standard InChI is InChI=1S/C25H54N.C9H4F6NO2/c1-5-8-11-14-17-20-23-26(4,24-21-18-15-12-9-6-2)25-22-19-16-13-10-7-3;10-8(11,12)5-1-4(7(17)16-18)2-6(3-5)9(13,14)15/h5-25H2,1-4H3;1-3H,(H-,16,17,18)/q+1;-1. The molecule has 0 saturated heterocycles. The van der Waals surface area contributed by atoms with Crippen LogP contribution in [-0.2, 0) is 12.4 Å². The normalized spacial score (nSPS) is 12.2. The van der Waals surface area contributed by atoms with Crippen LogP contribution in [0.5, 0.6) is 0 Å². The molecule has 0 atom stereocenters. The number of quaternary nitrogens is 1. The van der Waals surface area contributed by atoms with Crippen LogP contribution in [0.15, 0.2) is 18.2 Å². The van der Waals surface area contributed by atoms with Gasteiger partial charge in [-0.2, -0.15) is 26.3 Å². The van der Waals surface area contributed by atoms with Gasteiger partial charge in [0.15, 0.2) is 0 Å². The third kappa shape index (κ3) is 20.3. The highest BCUT2D eigenvalue weighted by Crippen LogP contribution is 2.36. The first kappa shape index (κ1) is 42.2. The molecule has 44 heavy (non-hydrogen) atoms. The molecule has 1 aromatic carbocycles. The molecule has 1 rings (SSSR count). The number of hydroxylamine groups is 1. The topological polar surface area (TPSA) is 52.2 Å². The van der Waals surface area contributed by atoms with Gasteiger partial charge in [-0.3, -0.25) is 4.79 Å². The number of benzene rings is 1.